The highest BCUT2D eigenvalue weighted by Crippen LogP contribution is 2.37. The molecule has 1 saturated heterocycles. The summed E-state index contributed by atoms with van der Waals surface area (Å²) in [6.07, 6.45) is 0.879. The van der Waals surface area contributed by atoms with Gasteiger partial charge in [0.1, 0.15) is 0 Å². The van der Waals surface area contributed by atoms with Gasteiger partial charge in [-0.2, -0.15) is 0 Å². The molecule has 1 fully saturated rings. The molecule has 2 atom stereocenters. The Morgan fingerprint density at radius 1 is 1.09 bits per heavy atom. The van der Waals surface area contributed by atoms with Crippen LogP contribution in [0.15, 0.2) is 71.2 Å². The Bertz CT molecular complexity index is 1100. The molecule has 3 aromatic carbocycles. The Balaban J connectivity index is 1.75. The fraction of sp³-hybridized carbons (Fsp3) is 0.308. The molecule has 5 nitrogen and oxygen atoms in total. The lowest BCUT2D eigenvalue weighted by Crippen LogP contribution is -2.44. The highest BCUT2D eigenvalue weighted by atomic mass is 79.9. The molecule has 0 amide bonds. The summed E-state index contributed by atoms with van der Waals surface area (Å²) >= 11 is 1.39. The zero-order valence-corrected chi connectivity index (χ0v) is 21.1. The third-order valence-corrected chi connectivity index (χ3v) is 7.04. The Morgan fingerprint density at radius 3 is 2.55 bits per heavy atom. The molecule has 0 bridgehead atoms. The quantitative estimate of drug-likeness (QED) is 0.388. The predicted molar refractivity (Wildman–Crippen MR) is 140 cm³/mol. The molecule has 2 unspecified atom stereocenters. The third kappa shape index (κ3) is 6.44. The average molecular weight is 528 g/mol. The molecule has 33 heavy (non-hydrogen) atoms. The van der Waals surface area contributed by atoms with Crippen LogP contribution in [-0.4, -0.2) is 34.9 Å². The van der Waals surface area contributed by atoms with E-state index in [2.05, 4.69) is 68.7 Å². The fourth-order valence-corrected chi connectivity index (χ4v) is 5.33. The topological polar surface area (TPSA) is 67.4 Å². The van der Waals surface area contributed by atoms with Crippen LogP contribution < -0.4 is 15.5 Å². The van der Waals surface area contributed by atoms with Gasteiger partial charge >= 0.3 is 0 Å². The van der Waals surface area contributed by atoms with E-state index in [9.17, 15) is 8.76 Å². The van der Waals surface area contributed by atoms with Gasteiger partial charge in [0.15, 0.2) is 0 Å². The van der Waals surface area contributed by atoms with Gasteiger partial charge in [0.2, 0.25) is 0 Å². The highest BCUT2D eigenvalue weighted by molar-refractivity contribution is 9.10. The number of nitrogens with zero attached hydrogens (tertiary/aromatic N) is 1. The number of para-hydroxylation sites is 1. The first-order valence-corrected chi connectivity index (χ1v) is 13.3. The number of rotatable bonds is 8. The maximum atomic E-state index is 11.7. The second-order valence-electron chi connectivity index (χ2n) is 8.48. The normalized spacial score (nSPS) is 15.8. The number of hydrogen-bond donors (Lipinski definition) is 2. The van der Waals surface area contributed by atoms with Gasteiger partial charge in [-0.1, -0.05) is 70.3 Å². The van der Waals surface area contributed by atoms with Gasteiger partial charge < -0.3 is 20.1 Å². The van der Waals surface area contributed by atoms with E-state index in [1.807, 2.05) is 36.4 Å². The van der Waals surface area contributed by atoms with E-state index in [0.29, 0.717) is 0 Å². The zero-order valence-electron chi connectivity index (χ0n) is 18.7. The standard InChI is InChI=1S/C26H30BrN3O2S/c1-19(14-20-6-5-7-22(27)15-20)24-16-21(18-33(31)32)25(29-23-8-3-2-4-9-23)17-26(24)30-12-10-28-11-13-30/h2-9,15-17,19,28-29H,10-14,18H2,1H3,(H,31,32)/p-1. The third-order valence-electron chi connectivity index (χ3n) is 6.00. The van der Waals surface area contributed by atoms with Gasteiger partial charge in [-0.3, -0.25) is 4.21 Å². The summed E-state index contributed by atoms with van der Waals surface area (Å²) in [5.41, 5.74) is 6.20. The van der Waals surface area contributed by atoms with Gasteiger partial charge in [0.05, 0.1) is 0 Å². The molecule has 0 aromatic heterocycles. The van der Waals surface area contributed by atoms with Crippen molar-refractivity contribution in [2.45, 2.75) is 25.0 Å². The van der Waals surface area contributed by atoms with Crippen molar-refractivity contribution < 1.29 is 8.76 Å². The number of benzene rings is 3. The monoisotopic (exact) mass is 526 g/mol. The molecule has 1 heterocycles. The number of anilines is 3. The summed E-state index contributed by atoms with van der Waals surface area (Å²) in [6.45, 7) is 5.95. The molecule has 174 valence electrons. The number of piperazine rings is 1. The Morgan fingerprint density at radius 2 is 1.85 bits per heavy atom. The second kappa shape index (κ2) is 11.3. The lowest BCUT2D eigenvalue weighted by molar-refractivity contribution is 0.536. The molecule has 0 aliphatic carbocycles. The molecule has 0 saturated carbocycles. The maximum absolute atomic E-state index is 11.7. The van der Waals surface area contributed by atoms with Crippen molar-refractivity contribution in [3.8, 4) is 0 Å². The van der Waals surface area contributed by atoms with Gasteiger partial charge in [0, 0.05) is 53.5 Å². The largest absolute Gasteiger partial charge is 0.772 e. The van der Waals surface area contributed by atoms with Crippen LogP contribution in [0.5, 0.6) is 0 Å². The molecule has 4 rings (SSSR count). The number of nitrogens with one attached hydrogen (secondary N) is 2. The van der Waals surface area contributed by atoms with Crippen molar-refractivity contribution in [1.82, 2.24) is 5.32 Å². The van der Waals surface area contributed by atoms with E-state index in [1.54, 1.807) is 0 Å². The first-order chi connectivity index (χ1) is 16.0. The van der Waals surface area contributed by atoms with Crippen molar-refractivity contribution in [3.63, 3.8) is 0 Å². The second-order valence-corrected chi connectivity index (χ2v) is 10.3. The molecular formula is C26H29BrN3O2S-. The summed E-state index contributed by atoms with van der Waals surface area (Å²) in [5, 5.41) is 6.89. The van der Waals surface area contributed by atoms with Crippen LogP contribution >= 0.6 is 15.9 Å². The van der Waals surface area contributed by atoms with Crippen LogP contribution in [0.25, 0.3) is 0 Å². The molecule has 0 radical (unpaired) electrons. The van der Waals surface area contributed by atoms with Crippen LogP contribution in [0.3, 0.4) is 0 Å². The Kier molecular flexibility index (Phi) is 8.20. The summed E-state index contributed by atoms with van der Waals surface area (Å²) < 4.78 is 24.5. The zero-order chi connectivity index (χ0) is 23.2. The van der Waals surface area contributed by atoms with Crippen LogP contribution in [0, 0.1) is 0 Å². The lowest BCUT2D eigenvalue weighted by Gasteiger charge is -2.34. The van der Waals surface area contributed by atoms with E-state index in [-0.39, 0.29) is 11.7 Å². The van der Waals surface area contributed by atoms with Gasteiger partial charge in [-0.25, -0.2) is 0 Å². The van der Waals surface area contributed by atoms with Gasteiger partial charge in [0.25, 0.3) is 0 Å². The summed E-state index contributed by atoms with van der Waals surface area (Å²) in [6, 6.07) is 22.5. The van der Waals surface area contributed by atoms with Crippen molar-refractivity contribution in [2.24, 2.45) is 0 Å². The fourth-order valence-electron chi connectivity index (χ4n) is 4.39. The number of halogens is 1. The molecule has 2 N–H and O–H groups in total. The minimum atomic E-state index is -2.18. The van der Waals surface area contributed by atoms with Crippen molar-refractivity contribution in [1.29, 1.82) is 0 Å². The van der Waals surface area contributed by atoms with Crippen LogP contribution in [0.1, 0.15) is 29.5 Å². The molecule has 0 spiro atoms. The highest BCUT2D eigenvalue weighted by Gasteiger charge is 2.21. The van der Waals surface area contributed by atoms with Crippen molar-refractivity contribution in [3.05, 3.63) is 87.9 Å². The van der Waals surface area contributed by atoms with E-state index in [0.717, 1.165) is 54.0 Å². The minimum Gasteiger partial charge on any atom is -0.772 e. The number of hydrogen-bond acceptors (Lipinski definition) is 5. The molecule has 1 aliphatic heterocycles. The van der Waals surface area contributed by atoms with E-state index >= 15 is 0 Å². The van der Waals surface area contributed by atoms with E-state index < -0.39 is 11.1 Å². The van der Waals surface area contributed by atoms with Crippen molar-refractivity contribution >= 4 is 44.1 Å². The van der Waals surface area contributed by atoms with Crippen molar-refractivity contribution in [2.75, 3.05) is 36.4 Å². The SMILES string of the molecule is CC(Cc1cccc(Br)c1)c1cc(CS(=O)[O-])c(Nc2ccccc2)cc1N1CCNCC1. The van der Waals surface area contributed by atoms with Gasteiger partial charge in [-0.05, 0) is 59.4 Å². The minimum absolute atomic E-state index is 0.0202. The summed E-state index contributed by atoms with van der Waals surface area (Å²) in [4.78, 5) is 2.41. The molecular weight excluding hydrogens is 498 g/mol. The average Bonchev–Trinajstić information content (AvgIpc) is 2.81. The van der Waals surface area contributed by atoms with E-state index in [1.165, 1.54) is 16.8 Å². The Labute approximate surface area is 207 Å². The summed E-state index contributed by atoms with van der Waals surface area (Å²) in [5.74, 6) is 0.210. The first kappa shape index (κ1) is 24.0. The van der Waals surface area contributed by atoms with Crippen LogP contribution in [-0.2, 0) is 23.3 Å². The molecule has 1 aliphatic rings. The lowest BCUT2D eigenvalue weighted by atomic mass is 9.90. The maximum Gasteiger partial charge on any atom is 0.0446 e. The molecule has 7 heteroatoms. The smallest absolute Gasteiger partial charge is 0.0446 e. The molecule has 3 aromatic rings. The Hall–Kier alpha value is -2.19. The predicted octanol–water partition coefficient (Wildman–Crippen LogP) is 5.33. The van der Waals surface area contributed by atoms with Crippen LogP contribution in [0.2, 0.25) is 0 Å². The van der Waals surface area contributed by atoms with E-state index in [4.69, 9.17) is 0 Å². The van der Waals surface area contributed by atoms with Crippen LogP contribution in [0.4, 0.5) is 17.1 Å². The summed E-state index contributed by atoms with van der Waals surface area (Å²) in [7, 11) is 0. The first-order valence-electron chi connectivity index (χ1n) is 11.2. The van der Waals surface area contributed by atoms with Gasteiger partial charge in [-0.15, -0.1) is 0 Å².